The predicted octanol–water partition coefficient (Wildman–Crippen LogP) is 3.97. The van der Waals surface area contributed by atoms with Gasteiger partial charge < -0.3 is 14.9 Å². The summed E-state index contributed by atoms with van der Waals surface area (Å²) < 4.78 is 29.1. The maximum Gasteiger partial charge on any atom is 0.387 e. The van der Waals surface area contributed by atoms with Gasteiger partial charge in [-0.15, -0.1) is 0 Å². The van der Waals surface area contributed by atoms with E-state index in [-0.39, 0.29) is 11.4 Å². The van der Waals surface area contributed by atoms with Crippen molar-refractivity contribution >= 4 is 17.8 Å². The number of amides is 1. The summed E-state index contributed by atoms with van der Waals surface area (Å²) in [5.74, 6) is -0.659. The lowest BCUT2D eigenvalue weighted by Gasteiger charge is -2.14. The molecule has 0 heterocycles. The van der Waals surface area contributed by atoms with E-state index >= 15 is 0 Å². The molecule has 25 heavy (non-hydrogen) atoms. The number of hydrogen-bond acceptors (Lipinski definition) is 4. The minimum Gasteiger partial charge on any atom is -0.433 e. The van der Waals surface area contributed by atoms with E-state index in [1.165, 1.54) is 31.3 Å². The summed E-state index contributed by atoms with van der Waals surface area (Å²) in [6.07, 6.45) is 0.590. The first-order valence-corrected chi connectivity index (χ1v) is 7.57. The fraction of sp³-hybridized carbons (Fsp3) is 0.222. The SMILES string of the molecule is Cc1ccccc1/C=N/OC(C)C(=O)Nc1ccccc1OC(F)F. The number of benzene rings is 2. The van der Waals surface area contributed by atoms with Crippen LogP contribution in [0.2, 0.25) is 0 Å². The van der Waals surface area contributed by atoms with Crippen LogP contribution in [0.25, 0.3) is 0 Å². The summed E-state index contributed by atoms with van der Waals surface area (Å²) in [7, 11) is 0. The van der Waals surface area contributed by atoms with Crippen LogP contribution in [0, 0.1) is 6.92 Å². The van der Waals surface area contributed by atoms with Crippen LogP contribution in [-0.4, -0.2) is 24.8 Å². The zero-order valence-electron chi connectivity index (χ0n) is 13.8. The van der Waals surface area contributed by atoms with Gasteiger partial charge in [-0.05, 0) is 37.1 Å². The van der Waals surface area contributed by atoms with Gasteiger partial charge in [-0.25, -0.2) is 0 Å². The second-order valence-electron chi connectivity index (χ2n) is 5.20. The monoisotopic (exact) mass is 348 g/mol. The molecule has 1 amide bonds. The first kappa shape index (κ1) is 18.4. The Balaban J connectivity index is 1.96. The van der Waals surface area contributed by atoms with Crippen LogP contribution < -0.4 is 10.1 Å². The summed E-state index contributed by atoms with van der Waals surface area (Å²) in [5.41, 5.74) is 2.02. The lowest BCUT2D eigenvalue weighted by atomic mass is 10.1. The molecule has 5 nitrogen and oxygen atoms in total. The highest BCUT2D eigenvalue weighted by atomic mass is 19.3. The van der Waals surface area contributed by atoms with Crippen LogP contribution in [0.1, 0.15) is 18.1 Å². The van der Waals surface area contributed by atoms with Gasteiger partial charge in [0, 0.05) is 0 Å². The van der Waals surface area contributed by atoms with Gasteiger partial charge in [0.25, 0.3) is 5.91 Å². The first-order valence-electron chi connectivity index (χ1n) is 7.57. The van der Waals surface area contributed by atoms with Crippen molar-refractivity contribution in [3.05, 3.63) is 59.7 Å². The molecule has 2 aromatic rings. The molecule has 2 rings (SSSR count). The topological polar surface area (TPSA) is 59.9 Å². The smallest absolute Gasteiger partial charge is 0.387 e. The molecule has 0 saturated carbocycles. The van der Waals surface area contributed by atoms with Crippen molar-refractivity contribution in [2.24, 2.45) is 5.16 Å². The number of ether oxygens (including phenoxy) is 1. The Morgan fingerprint density at radius 3 is 2.56 bits per heavy atom. The number of carbonyl (C=O) groups excluding carboxylic acids is 1. The van der Waals surface area contributed by atoms with E-state index in [0.717, 1.165) is 11.1 Å². The minimum absolute atomic E-state index is 0.124. The first-order chi connectivity index (χ1) is 12.0. The highest BCUT2D eigenvalue weighted by Crippen LogP contribution is 2.25. The highest BCUT2D eigenvalue weighted by molar-refractivity contribution is 5.95. The molecule has 0 aliphatic heterocycles. The number of oxime groups is 1. The molecule has 0 saturated heterocycles. The van der Waals surface area contributed by atoms with Gasteiger partial charge in [0.05, 0.1) is 11.9 Å². The van der Waals surface area contributed by atoms with E-state index in [0.29, 0.717) is 0 Å². The van der Waals surface area contributed by atoms with E-state index < -0.39 is 18.6 Å². The highest BCUT2D eigenvalue weighted by Gasteiger charge is 2.17. The normalized spacial score (nSPS) is 12.2. The average Bonchev–Trinajstić information content (AvgIpc) is 2.57. The van der Waals surface area contributed by atoms with E-state index in [1.807, 2.05) is 31.2 Å². The molecule has 7 heteroatoms. The summed E-state index contributed by atoms with van der Waals surface area (Å²) in [5, 5.41) is 6.28. The van der Waals surface area contributed by atoms with Crippen molar-refractivity contribution in [2.45, 2.75) is 26.6 Å². The molecule has 132 valence electrons. The molecule has 0 aliphatic rings. The van der Waals surface area contributed by atoms with Crippen LogP contribution in [-0.2, 0) is 9.63 Å². The van der Waals surface area contributed by atoms with Crippen LogP contribution in [0.3, 0.4) is 0 Å². The fourth-order valence-electron chi connectivity index (χ4n) is 1.96. The van der Waals surface area contributed by atoms with Crippen LogP contribution in [0.15, 0.2) is 53.7 Å². The number of alkyl halides is 2. The van der Waals surface area contributed by atoms with Crippen LogP contribution in [0.4, 0.5) is 14.5 Å². The number of nitrogens with zero attached hydrogens (tertiary/aromatic N) is 1. The third-order valence-corrected chi connectivity index (χ3v) is 3.33. The van der Waals surface area contributed by atoms with Crippen molar-refractivity contribution < 1.29 is 23.1 Å². The van der Waals surface area contributed by atoms with E-state index in [2.05, 4.69) is 15.2 Å². The maximum absolute atomic E-state index is 12.4. The molecule has 0 fully saturated rings. The lowest BCUT2D eigenvalue weighted by Crippen LogP contribution is -2.26. The van der Waals surface area contributed by atoms with Crippen LogP contribution >= 0.6 is 0 Å². The minimum atomic E-state index is -2.98. The zero-order chi connectivity index (χ0) is 18.2. The molecule has 2 aromatic carbocycles. The van der Waals surface area contributed by atoms with Crippen molar-refractivity contribution in [3.8, 4) is 5.75 Å². The van der Waals surface area contributed by atoms with E-state index in [4.69, 9.17) is 4.84 Å². The molecule has 1 unspecified atom stereocenters. The molecule has 0 aromatic heterocycles. The number of anilines is 1. The van der Waals surface area contributed by atoms with E-state index in [9.17, 15) is 13.6 Å². The second-order valence-corrected chi connectivity index (χ2v) is 5.20. The largest absolute Gasteiger partial charge is 0.433 e. The Morgan fingerprint density at radius 2 is 1.84 bits per heavy atom. The molecular weight excluding hydrogens is 330 g/mol. The summed E-state index contributed by atoms with van der Waals surface area (Å²) in [4.78, 5) is 17.2. The quantitative estimate of drug-likeness (QED) is 0.608. The summed E-state index contributed by atoms with van der Waals surface area (Å²) in [6.45, 7) is 0.448. The van der Waals surface area contributed by atoms with Gasteiger partial charge in [-0.2, -0.15) is 8.78 Å². The Labute approximate surface area is 144 Å². The molecule has 1 N–H and O–H groups in total. The summed E-state index contributed by atoms with van der Waals surface area (Å²) in [6, 6.07) is 13.5. The van der Waals surface area contributed by atoms with Gasteiger partial charge in [-0.3, -0.25) is 4.79 Å². The number of halogens is 2. The Morgan fingerprint density at radius 1 is 1.16 bits per heavy atom. The number of hydrogen-bond donors (Lipinski definition) is 1. The van der Waals surface area contributed by atoms with Crippen LogP contribution in [0.5, 0.6) is 5.75 Å². The van der Waals surface area contributed by atoms with Crippen molar-refractivity contribution in [2.75, 3.05) is 5.32 Å². The van der Waals surface area contributed by atoms with Gasteiger partial charge in [-0.1, -0.05) is 41.6 Å². The molecule has 0 bridgehead atoms. The Bertz CT molecular complexity index is 751. The van der Waals surface area contributed by atoms with Gasteiger partial charge >= 0.3 is 6.61 Å². The molecular formula is C18H18F2N2O3. The number of rotatable bonds is 7. The number of nitrogens with one attached hydrogen (secondary N) is 1. The fourth-order valence-corrected chi connectivity index (χ4v) is 1.96. The van der Waals surface area contributed by atoms with Crippen molar-refractivity contribution in [3.63, 3.8) is 0 Å². The van der Waals surface area contributed by atoms with Gasteiger partial charge in [0.1, 0.15) is 5.75 Å². The number of para-hydroxylation sites is 2. The van der Waals surface area contributed by atoms with Crippen molar-refractivity contribution in [1.82, 2.24) is 0 Å². The third-order valence-electron chi connectivity index (χ3n) is 3.33. The second kappa shape index (κ2) is 8.77. The molecule has 0 radical (unpaired) electrons. The summed E-state index contributed by atoms with van der Waals surface area (Å²) >= 11 is 0. The third kappa shape index (κ3) is 5.56. The van der Waals surface area contributed by atoms with Crippen molar-refractivity contribution in [1.29, 1.82) is 0 Å². The molecule has 1 atom stereocenters. The molecule has 0 aliphatic carbocycles. The Kier molecular flexibility index (Phi) is 6.45. The average molecular weight is 348 g/mol. The Hall–Kier alpha value is -2.96. The van der Waals surface area contributed by atoms with Gasteiger partial charge in [0.2, 0.25) is 6.10 Å². The number of carbonyl (C=O) groups is 1. The number of aryl methyl sites for hydroxylation is 1. The lowest BCUT2D eigenvalue weighted by molar-refractivity contribution is -0.126. The standard InChI is InChI=1S/C18H18F2N2O3/c1-12-7-3-4-8-14(12)11-21-25-13(2)17(23)22-15-9-5-6-10-16(15)24-18(19)20/h3-11,13,18H,1-2H3,(H,22,23)/b21-11+. The zero-order valence-corrected chi connectivity index (χ0v) is 13.8. The van der Waals surface area contributed by atoms with Gasteiger partial charge in [0.15, 0.2) is 0 Å². The maximum atomic E-state index is 12.4. The predicted molar refractivity (Wildman–Crippen MR) is 91.0 cm³/mol. The van der Waals surface area contributed by atoms with E-state index in [1.54, 1.807) is 6.07 Å². The molecule has 0 spiro atoms.